The molecule has 0 unspecified atom stereocenters. The Morgan fingerprint density at radius 3 is 2.67 bits per heavy atom. The number of nitrogens with zero attached hydrogens (tertiary/aromatic N) is 2. The molecule has 0 aliphatic rings. The topological polar surface area (TPSA) is 34.9 Å². The lowest BCUT2D eigenvalue weighted by Crippen LogP contribution is -2.05. The summed E-state index contributed by atoms with van der Waals surface area (Å²) in [6.07, 6.45) is 1.58. The van der Waals surface area contributed by atoms with Crippen LogP contribution >= 0.6 is 23.2 Å². The predicted octanol–water partition coefficient (Wildman–Crippen LogP) is 3.56. The molecule has 0 bridgehead atoms. The first-order chi connectivity index (χ1) is 8.54. The number of carbonyl (C=O) groups is 1. The molecule has 2 aromatic heterocycles. The number of halogens is 2. The molecule has 0 aliphatic heterocycles. The van der Waals surface area contributed by atoms with Crippen LogP contribution in [0.1, 0.15) is 21.7 Å². The first kappa shape index (κ1) is 13.1. The van der Waals surface area contributed by atoms with Crippen molar-refractivity contribution in [2.75, 3.05) is 5.88 Å². The fraction of sp³-hybridized carbons (Fsp3) is 0.231. The molecule has 2 aromatic rings. The van der Waals surface area contributed by atoms with Crippen LogP contribution in [0.2, 0.25) is 5.02 Å². The number of pyridine rings is 1. The van der Waals surface area contributed by atoms with Gasteiger partial charge in [-0.3, -0.25) is 4.79 Å². The summed E-state index contributed by atoms with van der Waals surface area (Å²) in [5.74, 6) is 0.645. The van der Waals surface area contributed by atoms with Crippen LogP contribution in [-0.4, -0.2) is 21.2 Å². The normalized spacial score (nSPS) is 10.7. The van der Waals surface area contributed by atoms with Crippen molar-refractivity contribution in [3.63, 3.8) is 0 Å². The zero-order valence-electron chi connectivity index (χ0n) is 10.1. The van der Waals surface area contributed by atoms with Crippen molar-refractivity contribution in [2.45, 2.75) is 13.8 Å². The second-order valence-corrected chi connectivity index (χ2v) is 4.72. The van der Waals surface area contributed by atoms with Crippen molar-refractivity contribution >= 4 is 29.0 Å². The van der Waals surface area contributed by atoms with E-state index in [1.54, 1.807) is 12.3 Å². The summed E-state index contributed by atoms with van der Waals surface area (Å²) >= 11 is 11.4. The highest BCUT2D eigenvalue weighted by Crippen LogP contribution is 2.21. The second kappa shape index (κ2) is 5.12. The van der Waals surface area contributed by atoms with Crippen LogP contribution in [0.25, 0.3) is 5.82 Å². The third-order valence-electron chi connectivity index (χ3n) is 2.79. The van der Waals surface area contributed by atoms with E-state index >= 15 is 0 Å². The van der Waals surface area contributed by atoms with Gasteiger partial charge in [-0.05, 0) is 32.0 Å². The molecule has 0 saturated carbocycles. The van der Waals surface area contributed by atoms with E-state index in [2.05, 4.69) is 4.98 Å². The molecule has 0 aliphatic carbocycles. The number of aryl methyl sites for hydroxylation is 1. The molecule has 0 spiro atoms. The van der Waals surface area contributed by atoms with Gasteiger partial charge in [-0.1, -0.05) is 11.6 Å². The fourth-order valence-electron chi connectivity index (χ4n) is 1.97. The maximum atomic E-state index is 11.7. The molecule has 0 fully saturated rings. The third-order valence-corrected chi connectivity index (χ3v) is 3.26. The standard InChI is InChI=1S/C13H12Cl2N2O/c1-8-5-11(12(18)6-14)9(2)17(8)13-4-3-10(15)7-16-13/h3-5,7H,6H2,1-2H3. The van der Waals surface area contributed by atoms with Crippen molar-refractivity contribution < 1.29 is 4.79 Å². The number of ketones is 1. The van der Waals surface area contributed by atoms with Gasteiger partial charge in [0.1, 0.15) is 5.82 Å². The van der Waals surface area contributed by atoms with E-state index in [-0.39, 0.29) is 11.7 Å². The summed E-state index contributed by atoms with van der Waals surface area (Å²) in [6, 6.07) is 5.42. The summed E-state index contributed by atoms with van der Waals surface area (Å²) in [5.41, 5.74) is 2.42. The van der Waals surface area contributed by atoms with E-state index in [0.717, 1.165) is 17.2 Å². The Balaban J connectivity index is 2.55. The van der Waals surface area contributed by atoms with E-state index in [4.69, 9.17) is 23.2 Å². The second-order valence-electron chi connectivity index (χ2n) is 4.01. The molecule has 0 radical (unpaired) electrons. The summed E-state index contributed by atoms with van der Waals surface area (Å²) in [5, 5.41) is 0.582. The molecule has 0 N–H and O–H groups in total. The van der Waals surface area contributed by atoms with E-state index in [0.29, 0.717) is 10.6 Å². The minimum absolute atomic E-state index is 0.0155. The molecule has 0 aromatic carbocycles. The van der Waals surface area contributed by atoms with E-state index in [1.807, 2.05) is 30.5 Å². The molecule has 2 rings (SSSR count). The zero-order valence-corrected chi connectivity index (χ0v) is 11.6. The Labute approximate surface area is 115 Å². The molecule has 3 nitrogen and oxygen atoms in total. The van der Waals surface area contributed by atoms with Crippen LogP contribution in [0.5, 0.6) is 0 Å². The molecule has 5 heteroatoms. The summed E-state index contributed by atoms with van der Waals surface area (Å²) in [7, 11) is 0. The van der Waals surface area contributed by atoms with Crippen LogP contribution in [-0.2, 0) is 0 Å². The van der Waals surface area contributed by atoms with Gasteiger partial charge in [-0.25, -0.2) is 4.98 Å². The van der Waals surface area contributed by atoms with Gasteiger partial charge >= 0.3 is 0 Å². The lowest BCUT2D eigenvalue weighted by molar-refractivity contribution is 0.102. The molecule has 0 amide bonds. The van der Waals surface area contributed by atoms with Crippen LogP contribution in [0, 0.1) is 13.8 Å². The SMILES string of the molecule is Cc1cc(C(=O)CCl)c(C)n1-c1ccc(Cl)cn1. The zero-order chi connectivity index (χ0) is 13.3. The van der Waals surface area contributed by atoms with Crippen LogP contribution < -0.4 is 0 Å². The average Bonchev–Trinajstić information content (AvgIpc) is 2.65. The molecule has 2 heterocycles. The quantitative estimate of drug-likeness (QED) is 0.637. The van der Waals surface area contributed by atoms with Crippen LogP contribution in [0.4, 0.5) is 0 Å². The number of alkyl halides is 1. The van der Waals surface area contributed by atoms with Crippen molar-refractivity contribution in [3.05, 3.63) is 46.4 Å². The molecule has 18 heavy (non-hydrogen) atoms. The first-order valence-electron chi connectivity index (χ1n) is 5.44. The first-order valence-corrected chi connectivity index (χ1v) is 6.36. The predicted molar refractivity (Wildman–Crippen MR) is 73.1 cm³/mol. The number of hydrogen-bond acceptors (Lipinski definition) is 2. The number of aromatic nitrogens is 2. The highest BCUT2D eigenvalue weighted by molar-refractivity contribution is 6.31. The summed E-state index contributed by atoms with van der Waals surface area (Å²) in [6.45, 7) is 3.80. The van der Waals surface area contributed by atoms with E-state index in [1.165, 1.54) is 0 Å². The van der Waals surface area contributed by atoms with Gasteiger partial charge < -0.3 is 4.57 Å². The molecule has 0 saturated heterocycles. The molecule has 94 valence electrons. The van der Waals surface area contributed by atoms with Crippen molar-refractivity contribution in [2.24, 2.45) is 0 Å². The largest absolute Gasteiger partial charge is 0.302 e. The minimum Gasteiger partial charge on any atom is -0.302 e. The minimum atomic E-state index is -0.0787. The van der Waals surface area contributed by atoms with Gasteiger partial charge in [0.05, 0.1) is 10.9 Å². The molecule has 0 atom stereocenters. The molecular weight excluding hydrogens is 271 g/mol. The number of Topliss-reactive ketones (excluding diaryl/α,β-unsaturated/α-hetero) is 1. The highest BCUT2D eigenvalue weighted by atomic mass is 35.5. The lowest BCUT2D eigenvalue weighted by atomic mass is 10.2. The van der Waals surface area contributed by atoms with Crippen molar-refractivity contribution in [3.8, 4) is 5.82 Å². The maximum Gasteiger partial charge on any atom is 0.179 e. The van der Waals surface area contributed by atoms with Crippen LogP contribution in [0.15, 0.2) is 24.4 Å². The highest BCUT2D eigenvalue weighted by Gasteiger charge is 2.16. The monoisotopic (exact) mass is 282 g/mol. The van der Waals surface area contributed by atoms with Crippen molar-refractivity contribution in [1.82, 2.24) is 9.55 Å². The third kappa shape index (κ3) is 2.28. The van der Waals surface area contributed by atoms with E-state index < -0.39 is 0 Å². The van der Waals surface area contributed by atoms with Crippen molar-refractivity contribution in [1.29, 1.82) is 0 Å². The fourth-order valence-corrected chi connectivity index (χ4v) is 2.23. The Kier molecular flexibility index (Phi) is 3.73. The Bertz CT molecular complexity index is 588. The van der Waals surface area contributed by atoms with Gasteiger partial charge in [0.15, 0.2) is 5.78 Å². The van der Waals surface area contributed by atoms with E-state index in [9.17, 15) is 4.79 Å². The smallest absolute Gasteiger partial charge is 0.179 e. The Morgan fingerprint density at radius 1 is 1.39 bits per heavy atom. The van der Waals surface area contributed by atoms with Gasteiger partial charge in [-0.2, -0.15) is 0 Å². The van der Waals surface area contributed by atoms with Crippen LogP contribution in [0.3, 0.4) is 0 Å². The number of carbonyl (C=O) groups excluding carboxylic acids is 1. The van der Waals surface area contributed by atoms with Gasteiger partial charge in [-0.15, -0.1) is 11.6 Å². The number of hydrogen-bond donors (Lipinski definition) is 0. The number of rotatable bonds is 3. The maximum absolute atomic E-state index is 11.7. The van der Waals surface area contributed by atoms with Gasteiger partial charge in [0.2, 0.25) is 0 Å². The summed E-state index contributed by atoms with van der Waals surface area (Å²) in [4.78, 5) is 16.0. The Hall–Kier alpha value is -1.32. The van der Waals surface area contributed by atoms with Gasteiger partial charge in [0.25, 0.3) is 0 Å². The van der Waals surface area contributed by atoms with Gasteiger partial charge in [0, 0.05) is 23.1 Å². The summed E-state index contributed by atoms with van der Waals surface area (Å²) < 4.78 is 1.91. The molecular formula is C13H12Cl2N2O. The average molecular weight is 283 g/mol. The lowest BCUT2D eigenvalue weighted by Gasteiger charge is -2.08. The Morgan fingerprint density at radius 2 is 2.11 bits per heavy atom.